The number of para-hydroxylation sites is 1. The molecule has 3 rings (SSSR count). The first-order valence-electron chi connectivity index (χ1n) is 6.89. The molecule has 1 aromatic heterocycles. The van der Waals surface area contributed by atoms with Gasteiger partial charge < -0.3 is 9.30 Å². The zero-order valence-electron chi connectivity index (χ0n) is 11.2. The van der Waals surface area contributed by atoms with Crippen molar-refractivity contribution in [1.29, 1.82) is 5.26 Å². The Morgan fingerprint density at radius 2 is 2.40 bits per heavy atom. The lowest BCUT2D eigenvalue weighted by molar-refractivity contribution is 0.0972. The number of nitrogens with zero attached hydrogens (tertiary/aromatic N) is 3. The molecule has 1 aliphatic rings. The minimum absolute atomic E-state index is 0.243. The molecule has 2 heterocycles. The number of fused-ring (bicyclic) bond motifs is 1. The second-order valence-electron chi connectivity index (χ2n) is 5.00. The van der Waals surface area contributed by atoms with Gasteiger partial charge in [0.25, 0.3) is 0 Å². The third-order valence-corrected chi connectivity index (χ3v) is 3.90. The summed E-state index contributed by atoms with van der Waals surface area (Å²) in [5.41, 5.74) is 2.39. The van der Waals surface area contributed by atoms with Crippen molar-refractivity contribution in [2.75, 3.05) is 12.5 Å². The third-order valence-electron chi connectivity index (χ3n) is 3.71. The summed E-state index contributed by atoms with van der Waals surface area (Å²) in [6.45, 7) is 1.63. The van der Waals surface area contributed by atoms with E-state index in [4.69, 9.17) is 16.3 Å². The minimum atomic E-state index is 0.243. The second kappa shape index (κ2) is 5.82. The lowest BCUT2D eigenvalue weighted by Gasteiger charge is -2.13. The van der Waals surface area contributed by atoms with Crippen LogP contribution in [0.25, 0.3) is 11.0 Å². The molecule has 0 aliphatic carbocycles. The Morgan fingerprint density at radius 3 is 3.10 bits per heavy atom. The van der Waals surface area contributed by atoms with Crippen molar-refractivity contribution in [3.63, 3.8) is 0 Å². The third kappa shape index (κ3) is 2.39. The van der Waals surface area contributed by atoms with Gasteiger partial charge in [-0.15, -0.1) is 11.6 Å². The Bertz CT molecular complexity index is 653. The molecule has 1 saturated heterocycles. The highest BCUT2D eigenvalue weighted by Gasteiger charge is 2.20. The molecule has 0 N–H and O–H groups in total. The van der Waals surface area contributed by atoms with Crippen LogP contribution in [-0.2, 0) is 17.7 Å². The van der Waals surface area contributed by atoms with E-state index in [0.717, 1.165) is 42.9 Å². The van der Waals surface area contributed by atoms with E-state index < -0.39 is 0 Å². The monoisotopic (exact) mass is 289 g/mol. The highest BCUT2D eigenvalue weighted by Crippen LogP contribution is 2.23. The van der Waals surface area contributed by atoms with E-state index in [0.29, 0.717) is 17.9 Å². The van der Waals surface area contributed by atoms with Crippen molar-refractivity contribution in [2.24, 2.45) is 0 Å². The lowest BCUT2D eigenvalue weighted by atomic mass is 10.2. The average molecular weight is 290 g/mol. The van der Waals surface area contributed by atoms with Crippen molar-refractivity contribution in [2.45, 2.75) is 31.9 Å². The largest absolute Gasteiger partial charge is 0.376 e. The molecule has 4 nitrogen and oxygen atoms in total. The molecule has 1 fully saturated rings. The van der Waals surface area contributed by atoms with Gasteiger partial charge >= 0.3 is 0 Å². The first-order chi connectivity index (χ1) is 9.83. The summed E-state index contributed by atoms with van der Waals surface area (Å²) in [5.74, 6) is 1.46. The summed E-state index contributed by atoms with van der Waals surface area (Å²) in [7, 11) is 0. The number of imidazole rings is 1. The highest BCUT2D eigenvalue weighted by atomic mass is 35.5. The van der Waals surface area contributed by atoms with E-state index in [1.807, 2.05) is 12.1 Å². The van der Waals surface area contributed by atoms with Crippen LogP contribution < -0.4 is 0 Å². The lowest BCUT2D eigenvalue weighted by Crippen LogP contribution is -2.17. The van der Waals surface area contributed by atoms with E-state index in [9.17, 15) is 5.26 Å². The van der Waals surface area contributed by atoms with Gasteiger partial charge in [0.2, 0.25) is 0 Å². The standard InChI is InChI=1S/C15H16ClN3O/c16-7-6-14-18-15-11(9-17)3-1-5-13(15)19(14)10-12-4-2-8-20-12/h1,3,5,12H,2,4,6-8,10H2. The topological polar surface area (TPSA) is 50.8 Å². The van der Waals surface area contributed by atoms with Crippen molar-refractivity contribution in [1.82, 2.24) is 9.55 Å². The summed E-state index contributed by atoms with van der Waals surface area (Å²) < 4.78 is 7.88. The maximum Gasteiger partial charge on any atom is 0.111 e. The smallest absolute Gasteiger partial charge is 0.111 e. The quantitative estimate of drug-likeness (QED) is 0.813. The summed E-state index contributed by atoms with van der Waals surface area (Å²) in [4.78, 5) is 4.62. The molecule has 104 valence electrons. The van der Waals surface area contributed by atoms with Gasteiger partial charge in [0.1, 0.15) is 17.4 Å². The fourth-order valence-corrected chi connectivity index (χ4v) is 2.93. The number of alkyl halides is 1. The molecular weight excluding hydrogens is 274 g/mol. The molecular formula is C15H16ClN3O. The van der Waals surface area contributed by atoms with Crippen LogP contribution in [0.1, 0.15) is 24.2 Å². The van der Waals surface area contributed by atoms with Gasteiger partial charge in [-0.25, -0.2) is 4.98 Å². The van der Waals surface area contributed by atoms with Crippen LogP contribution in [0.2, 0.25) is 0 Å². The van der Waals surface area contributed by atoms with E-state index >= 15 is 0 Å². The molecule has 0 spiro atoms. The average Bonchev–Trinajstić information content (AvgIpc) is 3.08. The van der Waals surface area contributed by atoms with Crippen LogP contribution in [0.15, 0.2) is 18.2 Å². The number of nitriles is 1. The van der Waals surface area contributed by atoms with Gasteiger partial charge in [-0.05, 0) is 25.0 Å². The molecule has 2 aromatic rings. The minimum Gasteiger partial charge on any atom is -0.376 e. The van der Waals surface area contributed by atoms with Crippen LogP contribution in [0, 0.1) is 11.3 Å². The predicted molar refractivity (Wildman–Crippen MR) is 77.8 cm³/mol. The zero-order valence-corrected chi connectivity index (χ0v) is 11.9. The van der Waals surface area contributed by atoms with Crippen LogP contribution in [0.4, 0.5) is 0 Å². The number of benzene rings is 1. The highest BCUT2D eigenvalue weighted by molar-refractivity contribution is 6.17. The Kier molecular flexibility index (Phi) is 3.90. The van der Waals surface area contributed by atoms with Crippen molar-refractivity contribution >= 4 is 22.6 Å². The summed E-state index contributed by atoms with van der Waals surface area (Å²) >= 11 is 5.88. The Labute approximate surface area is 122 Å². The molecule has 1 aliphatic heterocycles. The molecule has 0 radical (unpaired) electrons. The van der Waals surface area contributed by atoms with Gasteiger partial charge in [-0.1, -0.05) is 6.07 Å². The normalized spacial score (nSPS) is 18.5. The molecule has 1 unspecified atom stereocenters. The molecule has 1 atom stereocenters. The van der Waals surface area contributed by atoms with Crippen LogP contribution in [0.5, 0.6) is 0 Å². The number of rotatable bonds is 4. The fraction of sp³-hybridized carbons (Fsp3) is 0.467. The summed E-state index contributed by atoms with van der Waals surface area (Å²) in [5, 5.41) is 9.20. The first kappa shape index (κ1) is 13.4. The predicted octanol–water partition coefficient (Wildman–Crippen LogP) is 2.87. The molecule has 1 aromatic carbocycles. The van der Waals surface area contributed by atoms with E-state index in [1.54, 1.807) is 6.07 Å². The Balaban J connectivity index is 2.06. The van der Waals surface area contributed by atoms with Gasteiger partial charge in [0.15, 0.2) is 0 Å². The number of aryl methyl sites for hydroxylation is 1. The first-order valence-corrected chi connectivity index (χ1v) is 7.42. The number of ether oxygens (including phenoxy) is 1. The zero-order chi connectivity index (χ0) is 13.9. The van der Waals surface area contributed by atoms with E-state index in [2.05, 4.69) is 15.6 Å². The van der Waals surface area contributed by atoms with Crippen molar-refractivity contribution in [3.05, 3.63) is 29.6 Å². The van der Waals surface area contributed by atoms with Gasteiger partial charge in [-0.3, -0.25) is 0 Å². The van der Waals surface area contributed by atoms with Gasteiger partial charge in [0, 0.05) is 18.9 Å². The maximum absolute atomic E-state index is 9.20. The van der Waals surface area contributed by atoms with Crippen molar-refractivity contribution < 1.29 is 4.74 Å². The second-order valence-corrected chi connectivity index (χ2v) is 5.38. The number of aromatic nitrogens is 2. The Morgan fingerprint density at radius 1 is 1.50 bits per heavy atom. The fourth-order valence-electron chi connectivity index (χ4n) is 2.76. The molecule has 0 amide bonds. The number of hydrogen-bond acceptors (Lipinski definition) is 3. The van der Waals surface area contributed by atoms with Gasteiger partial charge in [-0.2, -0.15) is 5.26 Å². The number of halogens is 1. The van der Waals surface area contributed by atoms with E-state index in [1.165, 1.54) is 0 Å². The van der Waals surface area contributed by atoms with Gasteiger partial charge in [0.05, 0.1) is 23.7 Å². The molecule has 5 heteroatoms. The SMILES string of the molecule is N#Cc1cccc2c1nc(CCCl)n2CC1CCCO1. The van der Waals surface area contributed by atoms with E-state index in [-0.39, 0.29) is 6.10 Å². The Hall–Kier alpha value is -1.57. The number of hydrogen-bond donors (Lipinski definition) is 0. The molecule has 0 saturated carbocycles. The van der Waals surface area contributed by atoms with Crippen LogP contribution in [0.3, 0.4) is 0 Å². The van der Waals surface area contributed by atoms with Crippen LogP contribution in [-0.4, -0.2) is 28.1 Å². The summed E-state index contributed by atoms with van der Waals surface area (Å²) in [6.07, 6.45) is 3.14. The van der Waals surface area contributed by atoms with Crippen molar-refractivity contribution in [3.8, 4) is 6.07 Å². The summed E-state index contributed by atoms with van der Waals surface area (Å²) in [6, 6.07) is 7.92. The maximum atomic E-state index is 9.20. The molecule has 20 heavy (non-hydrogen) atoms. The molecule has 0 bridgehead atoms. The van der Waals surface area contributed by atoms with Crippen LogP contribution >= 0.6 is 11.6 Å².